The van der Waals surface area contributed by atoms with Gasteiger partial charge in [-0.2, -0.15) is 0 Å². The highest BCUT2D eigenvalue weighted by Gasteiger charge is 2.10. The van der Waals surface area contributed by atoms with Gasteiger partial charge in [-0.1, -0.05) is 18.2 Å². The molecular weight excluding hydrogens is 228 g/mol. The van der Waals surface area contributed by atoms with E-state index in [0.29, 0.717) is 12.8 Å². The minimum absolute atomic E-state index is 0.00741. The van der Waals surface area contributed by atoms with Gasteiger partial charge in [-0.15, -0.1) is 0 Å². The van der Waals surface area contributed by atoms with Gasteiger partial charge in [0.2, 0.25) is 5.91 Å². The molecule has 18 heavy (non-hydrogen) atoms. The summed E-state index contributed by atoms with van der Waals surface area (Å²) in [5, 5.41) is 2.90. The van der Waals surface area contributed by atoms with Crippen molar-refractivity contribution >= 4 is 11.6 Å². The molecule has 0 heterocycles. The SMILES string of the molecule is COC(C)CCC(=O)Nc1ccccc1C(C)N. The second-order valence-electron chi connectivity index (χ2n) is 4.51. The van der Waals surface area contributed by atoms with Crippen LogP contribution in [0.15, 0.2) is 24.3 Å². The Bertz CT molecular complexity index is 391. The van der Waals surface area contributed by atoms with Gasteiger partial charge in [0.15, 0.2) is 0 Å². The van der Waals surface area contributed by atoms with Crippen LogP contribution in [-0.4, -0.2) is 19.1 Å². The number of carbonyl (C=O) groups is 1. The van der Waals surface area contributed by atoms with Crippen molar-refractivity contribution in [3.05, 3.63) is 29.8 Å². The Morgan fingerprint density at radius 3 is 2.67 bits per heavy atom. The van der Waals surface area contributed by atoms with Crippen molar-refractivity contribution in [3.63, 3.8) is 0 Å². The van der Waals surface area contributed by atoms with Crippen molar-refractivity contribution in [2.45, 2.75) is 38.8 Å². The van der Waals surface area contributed by atoms with E-state index in [4.69, 9.17) is 10.5 Å². The highest BCUT2D eigenvalue weighted by molar-refractivity contribution is 5.91. The third kappa shape index (κ3) is 4.47. The topological polar surface area (TPSA) is 64.3 Å². The molecule has 1 aromatic carbocycles. The first-order valence-corrected chi connectivity index (χ1v) is 6.21. The van der Waals surface area contributed by atoms with Crippen LogP contribution in [0.3, 0.4) is 0 Å². The van der Waals surface area contributed by atoms with Gasteiger partial charge in [-0.3, -0.25) is 4.79 Å². The van der Waals surface area contributed by atoms with Crippen LogP contribution in [0, 0.1) is 0 Å². The summed E-state index contributed by atoms with van der Waals surface area (Å²) in [6.45, 7) is 3.85. The van der Waals surface area contributed by atoms with Crippen LogP contribution in [0.4, 0.5) is 5.69 Å². The van der Waals surface area contributed by atoms with E-state index in [1.165, 1.54) is 0 Å². The maximum Gasteiger partial charge on any atom is 0.224 e. The standard InChI is InChI=1S/C14H22N2O2/c1-10(18-3)8-9-14(17)16-13-7-5-4-6-12(13)11(2)15/h4-7,10-11H,8-9,15H2,1-3H3,(H,16,17). The number of hydrogen-bond acceptors (Lipinski definition) is 3. The fourth-order valence-electron chi connectivity index (χ4n) is 1.67. The largest absolute Gasteiger partial charge is 0.382 e. The zero-order chi connectivity index (χ0) is 13.5. The third-order valence-corrected chi connectivity index (χ3v) is 2.91. The summed E-state index contributed by atoms with van der Waals surface area (Å²) >= 11 is 0. The van der Waals surface area contributed by atoms with Crippen molar-refractivity contribution < 1.29 is 9.53 Å². The molecule has 1 rings (SSSR count). The lowest BCUT2D eigenvalue weighted by Crippen LogP contribution is -2.17. The molecule has 0 aliphatic heterocycles. The molecule has 0 spiro atoms. The number of benzene rings is 1. The van der Waals surface area contributed by atoms with Gasteiger partial charge in [-0.05, 0) is 31.9 Å². The minimum atomic E-state index is -0.0978. The normalized spacial score (nSPS) is 14.0. The highest BCUT2D eigenvalue weighted by atomic mass is 16.5. The van der Waals surface area contributed by atoms with Gasteiger partial charge in [-0.25, -0.2) is 0 Å². The lowest BCUT2D eigenvalue weighted by Gasteiger charge is -2.14. The van der Waals surface area contributed by atoms with Crippen molar-refractivity contribution in [1.82, 2.24) is 0 Å². The maximum atomic E-state index is 11.8. The lowest BCUT2D eigenvalue weighted by atomic mass is 10.1. The van der Waals surface area contributed by atoms with E-state index in [-0.39, 0.29) is 18.1 Å². The molecule has 0 aromatic heterocycles. The fraction of sp³-hybridized carbons (Fsp3) is 0.500. The summed E-state index contributed by atoms with van der Waals surface area (Å²) in [5.74, 6) is -0.00741. The summed E-state index contributed by atoms with van der Waals surface area (Å²) in [5.41, 5.74) is 7.61. The molecule has 2 unspecified atom stereocenters. The summed E-state index contributed by atoms with van der Waals surface area (Å²) in [6, 6.07) is 7.51. The van der Waals surface area contributed by atoms with Crippen LogP contribution in [-0.2, 0) is 9.53 Å². The van der Waals surface area contributed by atoms with Crippen molar-refractivity contribution in [3.8, 4) is 0 Å². The first kappa shape index (κ1) is 14.7. The van der Waals surface area contributed by atoms with Crippen LogP contribution in [0.25, 0.3) is 0 Å². The highest BCUT2D eigenvalue weighted by Crippen LogP contribution is 2.21. The van der Waals surface area contributed by atoms with Gasteiger partial charge in [0.1, 0.15) is 0 Å². The third-order valence-electron chi connectivity index (χ3n) is 2.91. The molecule has 4 heteroatoms. The first-order valence-electron chi connectivity index (χ1n) is 6.21. The average Bonchev–Trinajstić information content (AvgIpc) is 2.36. The van der Waals surface area contributed by atoms with Crippen molar-refractivity contribution in [2.24, 2.45) is 5.73 Å². The molecule has 0 fully saturated rings. The Labute approximate surface area is 109 Å². The molecule has 100 valence electrons. The Balaban J connectivity index is 2.59. The molecule has 1 amide bonds. The Hall–Kier alpha value is -1.39. The van der Waals surface area contributed by atoms with E-state index in [0.717, 1.165) is 11.3 Å². The van der Waals surface area contributed by atoms with Crippen molar-refractivity contribution in [1.29, 1.82) is 0 Å². The predicted molar refractivity (Wildman–Crippen MR) is 73.4 cm³/mol. The van der Waals surface area contributed by atoms with Crippen LogP contribution < -0.4 is 11.1 Å². The van der Waals surface area contributed by atoms with Gasteiger partial charge >= 0.3 is 0 Å². The number of hydrogen-bond donors (Lipinski definition) is 2. The van der Waals surface area contributed by atoms with Gasteiger partial charge in [0, 0.05) is 25.3 Å². The van der Waals surface area contributed by atoms with Crippen LogP contribution >= 0.6 is 0 Å². The number of nitrogens with one attached hydrogen (secondary N) is 1. The van der Waals surface area contributed by atoms with E-state index in [1.54, 1.807) is 7.11 Å². The number of anilines is 1. The summed E-state index contributed by atoms with van der Waals surface area (Å²) in [4.78, 5) is 11.8. The molecular formula is C14H22N2O2. The molecule has 3 N–H and O–H groups in total. The predicted octanol–water partition coefficient (Wildman–Crippen LogP) is 2.46. The lowest BCUT2D eigenvalue weighted by molar-refractivity contribution is -0.116. The Morgan fingerprint density at radius 2 is 2.06 bits per heavy atom. The maximum absolute atomic E-state index is 11.8. The summed E-state index contributed by atoms with van der Waals surface area (Å²) < 4.78 is 5.11. The molecule has 0 bridgehead atoms. The number of para-hydroxylation sites is 1. The molecule has 0 aliphatic rings. The molecule has 2 atom stereocenters. The van der Waals surface area contributed by atoms with Gasteiger partial charge in [0.25, 0.3) is 0 Å². The van der Waals surface area contributed by atoms with E-state index < -0.39 is 0 Å². The number of amides is 1. The Morgan fingerprint density at radius 1 is 1.39 bits per heavy atom. The quantitative estimate of drug-likeness (QED) is 0.815. The number of methoxy groups -OCH3 is 1. The van der Waals surface area contributed by atoms with Crippen LogP contribution in [0.5, 0.6) is 0 Å². The number of ether oxygens (including phenoxy) is 1. The van der Waals surface area contributed by atoms with E-state index in [9.17, 15) is 4.79 Å². The van der Waals surface area contributed by atoms with Gasteiger partial charge in [0.05, 0.1) is 6.10 Å². The average molecular weight is 250 g/mol. The number of rotatable bonds is 6. The Kier molecular flexibility index (Phi) is 5.82. The number of nitrogens with two attached hydrogens (primary N) is 1. The monoisotopic (exact) mass is 250 g/mol. The molecule has 0 saturated heterocycles. The van der Waals surface area contributed by atoms with E-state index in [1.807, 2.05) is 38.1 Å². The van der Waals surface area contributed by atoms with Gasteiger partial charge < -0.3 is 15.8 Å². The smallest absolute Gasteiger partial charge is 0.224 e. The zero-order valence-corrected chi connectivity index (χ0v) is 11.3. The number of carbonyl (C=O) groups excluding carboxylic acids is 1. The fourth-order valence-corrected chi connectivity index (χ4v) is 1.67. The van der Waals surface area contributed by atoms with E-state index in [2.05, 4.69) is 5.32 Å². The second kappa shape index (κ2) is 7.13. The zero-order valence-electron chi connectivity index (χ0n) is 11.3. The summed E-state index contributed by atoms with van der Waals surface area (Å²) in [6.07, 6.45) is 1.25. The van der Waals surface area contributed by atoms with Crippen LogP contribution in [0.2, 0.25) is 0 Å². The van der Waals surface area contributed by atoms with Crippen LogP contribution in [0.1, 0.15) is 38.3 Å². The van der Waals surface area contributed by atoms with Crippen molar-refractivity contribution in [2.75, 3.05) is 12.4 Å². The van der Waals surface area contributed by atoms with E-state index >= 15 is 0 Å². The minimum Gasteiger partial charge on any atom is -0.382 e. The molecule has 0 aliphatic carbocycles. The molecule has 0 saturated carbocycles. The first-order chi connectivity index (χ1) is 8.54. The second-order valence-corrected chi connectivity index (χ2v) is 4.51. The molecule has 0 radical (unpaired) electrons. The molecule has 4 nitrogen and oxygen atoms in total. The molecule has 1 aromatic rings. The summed E-state index contributed by atoms with van der Waals surface area (Å²) in [7, 11) is 1.65.